The molecule has 0 atom stereocenters. The highest BCUT2D eigenvalue weighted by Gasteiger charge is 2.14. The number of hydrogen-bond acceptors (Lipinski definition) is 5. The predicted octanol–water partition coefficient (Wildman–Crippen LogP) is 3.09. The van der Waals surface area contributed by atoms with Crippen LogP contribution in [0.4, 0.5) is 0 Å². The van der Waals surface area contributed by atoms with Crippen molar-refractivity contribution >= 4 is 16.9 Å². The molecule has 3 aromatic heterocycles. The summed E-state index contributed by atoms with van der Waals surface area (Å²) in [7, 11) is 1.58. The first-order chi connectivity index (χ1) is 13.3. The van der Waals surface area contributed by atoms with E-state index in [9.17, 15) is 4.79 Å². The molecule has 0 fully saturated rings. The largest absolute Gasteiger partial charge is 0.453 e. The highest BCUT2D eigenvalue weighted by atomic mass is 16.5. The number of nitrogens with one attached hydrogen (secondary N) is 1. The van der Waals surface area contributed by atoms with E-state index in [-0.39, 0.29) is 11.7 Å². The van der Waals surface area contributed by atoms with E-state index >= 15 is 0 Å². The molecular formula is C20H18N4O3. The molecule has 0 spiro atoms. The van der Waals surface area contributed by atoms with E-state index in [2.05, 4.69) is 15.3 Å². The lowest BCUT2D eigenvalue weighted by Gasteiger charge is -2.10. The molecule has 27 heavy (non-hydrogen) atoms. The van der Waals surface area contributed by atoms with Gasteiger partial charge in [0.2, 0.25) is 0 Å². The van der Waals surface area contributed by atoms with E-state index in [0.29, 0.717) is 18.9 Å². The smallest absolute Gasteiger partial charge is 0.287 e. The van der Waals surface area contributed by atoms with Crippen LogP contribution in [0.1, 0.15) is 21.9 Å². The van der Waals surface area contributed by atoms with Gasteiger partial charge in [0.25, 0.3) is 5.91 Å². The van der Waals surface area contributed by atoms with E-state index in [1.807, 2.05) is 41.0 Å². The molecule has 0 aliphatic carbocycles. The zero-order valence-electron chi connectivity index (χ0n) is 14.8. The van der Waals surface area contributed by atoms with E-state index in [1.54, 1.807) is 31.8 Å². The standard InChI is InChI=1S/C20H18N4O3/c1-26-12-15-8-9-18(27-15)20(25)22-11-14-5-4-10-21-19(14)24-13-23-16-6-2-3-7-17(16)24/h2-10,13H,11-12H2,1H3,(H,22,25). The number of benzene rings is 1. The molecule has 4 aromatic rings. The maximum atomic E-state index is 12.4. The van der Waals surface area contributed by atoms with Crippen molar-refractivity contribution in [3.63, 3.8) is 0 Å². The lowest BCUT2D eigenvalue weighted by Crippen LogP contribution is -2.23. The Bertz CT molecular complexity index is 1080. The third-order valence-electron chi connectivity index (χ3n) is 4.16. The fraction of sp³-hybridized carbons (Fsp3) is 0.150. The molecule has 0 aliphatic rings. The zero-order chi connectivity index (χ0) is 18.6. The van der Waals surface area contributed by atoms with Crippen molar-refractivity contribution in [3.05, 3.63) is 78.1 Å². The summed E-state index contributed by atoms with van der Waals surface area (Å²) in [5.41, 5.74) is 2.72. The Hall–Kier alpha value is -3.45. The first-order valence-corrected chi connectivity index (χ1v) is 8.48. The number of amides is 1. The maximum absolute atomic E-state index is 12.4. The van der Waals surface area contributed by atoms with Gasteiger partial charge >= 0.3 is 0 Å². The monoisotopic (exact) mass is 362 g/mol. The number of ether oxygens (including phenoxy) is 1. The highest BCUT2D eigenvalue weighted by Crippen LogP contribution is 2.19. The average Bonchev–Trinajstić information content (AvgIpc) is 3.34. The van der Waals surface area contributed by atoms with Crippen LogP contribution in [0.25, 0.3) is 16.9 Å². The summed E-state index contributed by atoms with van der Waals surface area (Å²) in [5.74, 6) is 1.30. The summed E-state index contributed by atoms with van der Waals surface area (Å²) in [4.78, 5) is 21.3. The van der Waals surface area contributed by atoms with Crippen molar-refractivity contribution in [3.8, 4) is 5.82 Å². The van der Waals surface area contributed by atoms with Crippen LogP contribution in [0.15, 0.2) is 65.5 Å². The number of fused-ring (bicyclic) bond motifs is 1. The van der Waals surface area contributed by atoms with Gasteiger partial charge < -0.3 is 14.5 Å². The van der Waals surface area contributed by atoms with E-state index < -0.39 is 0 Å². The van der Waals surface area contributed by atoms with Gasteiger partial charge in [0.05, 0.1) is 11.0 Å². The van der Waals surface area contributed by atoms with Crippen molar-refractivity contribution in [1.82, 2.24) is 19.9 Å². The maximum Gasteiger partial charge on any atom is 0.287 e. The first-order valence-electron chi connectivity index (χ1n) is 8.48. The number of imidazole rings is 1. The van der Waals surface area contributed by atoms with Gasteiger partial charge in [-0.3, -0.25) is 9.36 Å². The van der Waals surface area contributed by atoms with Gasteiger partial charge in [-0.25, -0.2) is 9.97 Å². The van der Waals surface area contributed by atoms with Gasteiger partial charge in [-0.15, -0.1) is 0 Å². The molecule has 7 nitrogen and oxygen atoms in total. The quantitative estimate of drug-likeness (QED) is 0.570. The number of carbonyl (C=O) groups excluding carboxylic acids is 1. The van der Waals surface area contributed by atoms with Crippen LogP contribution in [0.2, 0.25) is 0 Å². The number of pyridine rings is 1. The van der Waals surface area contributed by atoms with E-state index in [1.165, 1.54) is 0 Å². The molecule has 0 saturated carbocycles. The Morgan fingerprint density at radius 1 is 1.15 bits per heavy atom. The number of rotatable bonds is 6. The Labute approximate surface area is 155 Å². The van der Waals surface area contributed by atoms with Gasteiger partial charge in [-0.2, -0.15) is 0 Å². The lowest BCUT2D eigenvalue weighted by atomic mass is 10.2. The Kier molecular flexibility index (Phi) is 4.67. The third kappa shape index (κ3) is 3.45. The lowest BCUT2D eigenvalue weighted by molar-refractivity contribution is 0.0914. The summed E-state index contributed by atoms with van der Waals surface area (Å²) >= 11 is 0. The second kappa shape index (κ2) is 7.43. The van der Waals surface area contributed by atoms with Gasteiger partial charge in [-0.1, -0.05) is 18.2 Å². The van der Waals surface area contributed by atoms with Crippen molar-refractivity contribution < 1.29 is 13.9 Å². The summed E-state index contributed by atoms with van der Waals surface area (Å²) in [6.45, 7) is 0.641. The van der Waals surface area contributed by atoms with Crippen LogP contribution in [0.5, 0.6) is 0 Å². The number of methoxy groups -OCH3 is 1. The third-order valence-corrected chi connectivity index (χ3v) is 4.16. The van der Waals surface area contributed by atoms with Gasteiger partial charge in [0.15, 0.2) is 5.76 Å². The van der Waals surface area contributed by atoms with Crippen molar-refractivity contribution in [2.45, 2.75) is 13.2 Å². The summed E-state index contributed by atoms with van der Waals surface area (Å²) in [6, 6.07) is 15.0. The normalized spacial score (nSPS) is 11.0. The minimum absolute atomic E-state index is 0.251. The minimum atomic E-state index is -0.289. The SMILES string of the molecule is COCc1ccc(C(=O)NCc2cccnc2-n2cnc3ccccc32)o1. The number of para-hydroxylation sites is 2. The molecule has 0 unspecified atom stereocenters. The molecule has 7 heteroatoms. The number of aromatic nitrogens is 3. The molecule has 0 aliphatic heterocycles. The Balaban J connectivity index is 1.55. The second-order valence-corrected chi connectivity index (χ2v) is 5.97. The number of hydrogen-bond donors (Lipinski definition) is 1. The topological polar surface area (TPSA) is 82.2 Å². The number of furan rings is 1. The Morgan fingerprint density at radius 3 is 2.93 bits per heavy atom. The summed E-state index contributed by atoms with van der Waals surface area (Å²) in [5, 5.41) is 2.87. The predicted molar refractivity (Wildman–Crippen MR) is 99.5 cm³/mol. The van der Waals surface area contributed by atoms with Gasteiger partial charge in [-0.05, 0) is 30.3 Å². The Morgan fingerprint density at radius 2 is 2.04 bits per heavy atom. The van der Waals surface area contributed by atoms with Crippen molar-refractivity contribution in [2.75, 3.05) is 7.11 Å². The highest BCUT2D eigenvalue weighted by molar-refractivity contribution is 5.91. The van der Waals surface area contributed by atoms with Crippen LogP contribution in [-0.2, 0) is 17.9 Å². The van der Waals surface area contributed by atoms with Crippen molar-refractivity contribution in [2.24, 2.45) is 0 Å². The molecule has 1 amide bonds. The van der Waals surface area contributed by atoms with E-state index in [0.717, 1.165) is 22.4 Å². The number of carbonyl (C=O) groups is 1. The van der Waals surface area contributed by atoms with Gasteiger partial charge in [0, 0.05) is 25.4 Å². The van der Waals surface area contributed by atoms with Crippen LogP contribution in [-0.4, -0.2) is 27.6 Å². The van der Waals surface area contributed by atoms with E-state index in [4.69, 9.17) is 9.15 Å². The molecule has 0 bridgehead atoms. The van der Waals surface area contributed by atoms with Crippen molar-refractivity contribution in [1.29, 1.82) is 0 Å². The summed E-state index contributed by atoms with van der Waals surface area (Å²) < 4.78 is 12.4. The average molecular weight is 362 g/mol. The fourth-order valence-corrected chi connectivity index (χ4v) is 2.90. The van der Waals surface area contributed by atoms with Crippen LogP contribution >= 0.6 is 0 Å². The second-order valence-electron chi connectivity index (χ2n) is 5.97. The molecular weight excluding hydrogens is 344 g/mol. The molecule has 1 aromatic carbocycles. The molecule has 0 saturated heterocycles. The minimum Gasteiger partial charge on any atom is -0.453 e. The van der Waals surface area contributed by atoms with Gasteiger partial charge in [0.1, 0.15) is 24.5 Å². The molecule has 136 valence electrons. The molecule has 3 heterocycles. The van der Waals surface area contributed by atoms with Crippen LogP contribution < -0.4 is 5.32 Å². The summed E-state index contributed by atoms with van der Waals surface area (Å²) in [6.07, 6.45) is 3.46. The fourth-order valence-electron chi connectivity index (χ4n) is 2.90. The van der Waals surface area contributed by atoms with Crippen LogP contribution in [0.3, 0.4) is 0 Å². The molecule has 4 rings (SSSR count). The number of nitrogens with zero attached hydrogens (tertiary/aromatic N) is 3. The zero-order valence-corrected chi connectivity index (χ0v) is 14.8. The molecule has 0 radical (unpaired) electrons. The molecule has 1 N–H and O–H groups in total. The first kappa shape index (κ1) is 17.0. The van der Waals surface area contributed by atoms with Crippen LogP contribution in [0, 0.1) is 0 Å².